The van der Waals surface area contributed by atoms with Crippen LogP contribution in [0.2, 0.25) is 0 Å². The number of anilines is 1. The van der Waals surface area contributed by atoms with Gasteiger partial charge in [0.1, 0.15) is 5.78 Å². The molecule has 1 aliphatic rings. The van der Waals surface area contributed by atoms with Crippen LogP contribution in [0.25, 0.3) is 0 Å². The van der Waals surface area contributed by atoms with Gasteiger partial charge in [-0.05, 0) is 37.0 Å². The van der Waals surface area contributed by atoms with Crippen LogP contribution in [0.15, 0.2) is 18.2 Å². The van der Waals surface area contributed by atoms with Gasteiger partial charge in [-0.25, -0.2) is 0 Å². The van der Waals surface area contributed by atoms with E-state index < -0.39 is 0 Å². The summed E-state index contributed by atoms with van der Waals surface area (Å²) in [5.41, 5.74) is 9.29. The zero-order valence-electron chi connectivity index (χ0n) is 11.5. The SMILES string of the molecule is CC(=O)CCC(N)c1ccc2c(c1)CCC(=O)N2C. The number of carbonyl (C=O) groups excluding carboxylic acids is 2. The summed E-state index contributed by atoms with van der Waals surface area (Å²) in [4.78, 5) is 24.3. The van der Waals surface area contributed by atoms with E-state index in [0.717, 1.165) is 23.2 Å². The number of nitrogens with two attached hydrogens (primary N) is 1. The number of aryl methyl sites for hydroxylation is 1. The minimum Gasteiger partial charge on any atom is -0.324 e. The van der Waals surface area contributed by atoms with Crippen molar-refractivity contribution in [2.75, 3.05) is 11.9 Å². The second kappa shape index (κ2) is 5.53. The van der Waals surface area contributed by atoms with Gasteiger partial charge in [0.25, 0.3) is 0 Å². The van der Waals surface area contributed by atoms with Gasteiger partial charge in [-0.2, -0.15) is 0 Å². The molecule has 1 amide bonds. The first-order valence-electron chi connectivity index (χ1n) is 6.63. The van der Waals surface area contributed by atoms with Crippen LogP contribution in [0, 0.1) is 0 Å². The van der Waals surface area contributed by atoms with E-state index in [1.54, 1.807) is 18.9 Å². The number of Topliss-reactive ketones (excluding diaryl/α,β-unsaturated/α-hetero) is 1. The molecule has 0 bridgehead atoms. The number of hydrogen-bond donors (Lipinski definition) is 1. The lowest BCUT2D eigenvalue weighted by Crippen LogP contribution is -2.31. The van der Waals surface area contributed by atoms with Crippen LogP contribution in [0.4, 0.5) is 5.69 Å². The van der Waals surface area contributed by atoms with Crippen molar-refractivity contribution in [3.8, 4) is 0 Å². The number of carbonyl (C=O) groups is 2. The number of hydrogen-bond acceptors (Lipinski definition) is 3. The lowest BCUT2D eigenvalue weighted by Gasteiger charge is -2.26. The third kappa shape index (κ3) is 3.01. The highest BCUT2D eigenvalue weighted by Gasteiger charge is 2.21. The maximum atomic E-state index is 11.6. The number of ketones is 1. The van der Waals surface area contributed by atoms with Crippen LogP contribution < -0.4 is 10.6 Å². The quantitative estimate of drug-likeness (QED) is 0.900. The maximum absolute atomic E-state index is 11.6. The summed E-state index contributed by atoms with van der Waals surface area (Å²) >= 11 is 0. The number of benzene rings is 1. The number of fused-ring (bicyclic) bond motifs is 1. The monoisotopic (exact) mass is 260 g/mol. The Morgan fingerprint density at radius 3 is 2.84 bits per heavy atom. The molecule has 0 aliphatic carbocycles. The van der Waals surface area contributed by atoms with E-state index in [0.29, 0.717) is 19.3 Å². The molecule has 4 heteroatoms. The Morgan fingerprint density at radius 1 is 1.42 bits per heavy atom. The average Bonchev–Trinajstić information content (AvgIpc) is 2.40. The van der Waals surface area contributed by atoms with E-state index in [9.17, 15) is 9.59 Å². The van der Waals surface area contributed by atoms with Gasteiger partial charge in [-0.15, -0.1) is 0 Å². The number of nitrogens with zero attached hydrogens (tertiary/aromatic N) is 1. The van der Waals surface area contributed by atoms with E-state index in [2.05, 4.69) is 6.07 Å². The Hall–Kier alpha value is -1.68. The van der Waals surface area contributed by atoms with Crippen LogP contribution in [0.1, 0.15) is 43.4 Å². The minimum absolute atomic E-state index is 0.114. The molecule has 0 fully saturated rings. The standard InChI is InChI=1S/C15H20N2O2/c1-10(18)3-6-13(16)11-4-7-14-12(9-11)5-8-15(19)17(14)2/h4,7,9,13H,3,5-6,8,16H2,1-2H3. The zero-order chi connectivity index (χ0) is 14.0. The molecular formula is C15H20N2O2. The zero-order valence-corrected chi connectivity index (χ0v) is 11.5. The van der Waals surface area contributed by atoms with E-state index >= 15 is 0 Å². The molecule has 1 aliphatic heterocycles. The molecule has 19 heavy (non-hydrogen) atoms. The molecule has 0 radical (unpaired) electrons. The second-order valence-electron chi connectivity index (χ2n) is 5.19. The lowest BCUT2D eigenvalue weighted by molar-refractivity contribution is -0.119. The van der Waals surface area contributed by atoms with Crippen LogP contribution in [-0.2, 0) is 16.0 Å². The summed E-state index contributed by atoms with van der Waals surface area (Å²) in [6.45, 7) is 1.58. The van der Waals surface area contributed by atoms with Crippen molar-refractivity contribution in [3.63, 3.8) is 0 Å². The van der Waals surface area contributed by atoms with Gasteiger partial charge in [0.05, 0.1) is 0 Å². The highest BCUT2D eigenvalue weighted by Crippen LogP contribution is 2.29. The first-order chi connectivity index (χ1) is 8.99. The van der Waals surface area contributed by atoms with Crippen molar-refractivity contribution < 1.29 is 9.59 Å². The fraction of sp³-hybridized carbons (Fsp3) is 0.467. The third-order valence-corrected chi connectivity index (χ3v) is 3.68. The Bertz CT molecular complexity index is 511. The Balaban J connectivity index is 2.17. The van der Waals surface area contributed by atoms with E-state index in [4.69, 9.17) is 5.73 Å². The van der Waals surface area contributed by atoms with Crippen molar-refractivity contribution in [1.82, 2.24) is 0 Å². The van der Waals surface area contributed by atoms with Crippen LogP contribution in [0.5, 0.6) is 0 Å². The summed E-state index contributed by atoms with van der Waals surface area (Å²) in [6.07, 6.45) is 2.50. The fourth-order valence-electron chi connectivity index (χ4n) is 2.43. The topological polar surface area (TPSA) is 63.4 Å². The largest absolute Gasteiger partial charge is 0.324 e. The molecule has 1 aromatic rings. The molecule has 1 heterocycles. The molecule has 0 spiro atoms. The van der Waals surface area contributed by atoms with Crippen LogP contribution >= 0.6 is 0 Å². The van der Waals surface area contributed by atoms with E-state index in [-0.39, 0.29) is 17.7 Å². The van der Waals surface area contributed by atoms with Crippen LogP contribution in [-0.4, -0.2) is 18.7 Å². The summed E-state index contributed by atoms with van der Waals surface area (Å²) < 4.78 is 0. The van der Waals surface area contributed by atoms with Crippen LogP contribution in [0.3, 0.4) is 0 Å². The summed E-state index contributed by atoms with van der Waals surface area (Å²) in [5, 5.41) is 0. The Labute approximate surface area is 113 Å². The van der Waals surface area contributed by atoms with Crippen molar-refractivity contribution in [3.05, 3.63) is 29.3 Å². The predicted octanol–water partition coefficient (Wildman–Crippen LogP) is 1.96. The van der Waals surface area contributed by atoms with E-state index in [1.807, 2.05) is 12.1 Å². The Morgan fingerprint density at radius 2 is 2.16 bits per heavy atom. The molecule has 0 aromatic heterocycles. The average molecular weight is 260 g/mol. The molecule has 4 nitrogen and oxygen atoms in total. The molecular weight excluding hydrogens is 240 g/mol. The molecule has 0 saturated heterocycles. The maximum Gasteiger partial charge on any atom is 0.227 e. The minimum atomic E-state index is -0.114. The van der Waals surface area contributed by atoms with Crippen molar-refractivity contribution in [2.45, 2.75) is 38.6 Å². The van der Waals surface area contributed by atoms with Gasteiger partial charge < -0.3 is 15.4 Å². The summed E-state index contributed by atoms with van der Waals surface area (Å²) in [6, 6.07) is 5.87. The van der Waals surface area contributed by atoms with Gasteiger partial charge in [-0.1, -0.05) is 12.1 Å². The van der Waals surface area contributed by atoms with Gasteiger partial charge >= 0.3 is 0 Å². The first kappa shape index (κ1) is 13.7. The molecule has 1 atom stereocenters. The number of rotatable bonds is 4. The summed E-state index contributed by atoms with van der Waals surface area (Å²) in [7, 11) is 1.80. The van der Waals surface area contributed by atoms with E-state index in [1.165, 1.54) is 0 Å². The predicted molar refractivity (Wildman–Crippen MR) is 75.0 cm³/mol. The fourth-order valence-corrected chi connectivity index (χ4v) is 2.43. The van der Waals surface area contributed by atoms with Crippen molar-refractivity contribution in [2.24, 2.45) is 5.73 Å². The molecule has 2 N–H and O–H groups in total. The first-order valence-corrected chi connectivity index (χ1v) is 6.63. The second-order valence-corrected chi connectivity index (χ2v) is 5.19. The normalized spacial score (nSPS) is 16.2. The molecule has 0 saturated carbocycles. The molecule has 102 valence electrons. The summed E-state index contributed by atoms with van der Waals surface area (Å²) in [5.74, 6) is 0.319. The highest BCUT2D eigenvalue weighted by atomic mass is 16.2. The third-order valence-electron chi connectivity index (χ3n) is 3.68. The van der Waals surface area contributed by atoms with Gasteiger partial charge in [0.2, 0.25) is 5.91 Å². The highest BCUT2D eigenvalue weighted by molar-refractivity contribution is 5.95. The Kier molecular flexibility index (Phi) is 4.00. The number of amides is 1. The van der Waals surface area contributed by atoms with Gasteiger partial charge in [0, 0.05) is 31.6 Å². The lowest BCUT2D eigenvalue weighted by atomic mass is 9.94. The van der Waals surface area contributed by atoms with Gasteiger partial charge in [-0.3, -0.25) is 4.79 Å². The van der Waals surface area contributed by atoms with Crippen molar-refractivity contribution >= 4 is 17.4 Å². The van der Waals surface area contributed by atoms with Gasteiger partial charge in [0.15, 0.2) is 0 Å². The smallest absolute Gasteiger partial charge is 0.227 e. The molecule has 1 aromatic carbocycles. The van der Waals surface area contributed by atoms with Crippen molar-refractivity contribution in [1.29, 1.82) is 0 Å². The molecule has 2 rings (SSSR count). The molecule has 1 unspecified atom stereocenters.